The molecule has 26 heavy (non-hydrogen) atoms. The molecular formula is C22H20NO2P. The Kier molecular flexibility index (Phi) is 4.48. The van der Waals surface area contributed by atoms with Gasteiger partial charge in [0.2, 0.25) is 5.90 Å². The van der Waals surface area contributed by atoms with Gasteiger partial charge in [-0.1, -0.05) is 78.9 Å². The molecule has 0 fully saturated rings. The molecule has 1 aliphatic rings. The van der Waals surface area contributed by atoms with Gasteiger partial charge in [-0.05, 0) is 19.1 Å². The number of nitrogens with zero attached hydrogens (tertiary/aromatic N) is 1. The lowest BCUT2D eigenvalue weighted by Gasteiger charge is -2.25. The molecule has 3 nitrogen and oxygen atoms in total. The summed E-state index contributed by atoms with van der Waals surface area (Å²) >= 11 is 0. The molecule has 0 N–H and O–H groups in total. The average molecular weight is 361 g/mol. The van der Waals surface area contributed by atoms with E-state index in [1.807, 2.05) is 97.9 Å². The molecule has 2 atom stereocenters. The summed E-state index contributed by atoms with van der Waals surface area (Å²) in [4.78, 5) is 4.80. The molecule has 130 valence electrons. The van der Waals surface area contributed by atoms with E-state index < -0.39 is 12.9 Å². The number of hydrogen-bond donors (Lipinski definition) is 0. The third-order valence-corrected chi connectivity index (χ3v) is 8.05. The van der Waals surface area contributed by atoms with Crippen LogP contribution in [0.15, 0.2) is 96.0 Å². The quantitative estimate of drug-likeness (QED) is 0.654. The van der Waals surface area contributed by atoms with Crippen LogP contribution in [-0.4, -0.2) is 17.8 Å². The van der Waals surface area contributed by atoms with Gasteiger partial charge in [0.25, 0.3) is 0 Å². The minimum atomic E-state index is -3.00. The Balaban J connectivity index is 1.85. The van der Waals surface area contributed by atoms with E-state index in [9.17, 15) is 4.57 Å². The van der Waals surface area contributed by atoms with E-state index in [0.717, 1.165) is 16.2 Å². The van der Waals surface area contributed by atoms with Gasteiger partial charge in [-0.3, -0.25) is 0 Å². The third-order valence-electron chi connectivity index (χ3n) is 4.64. The van der Waals surface area contributed by atoms with Crippen LogP contribution >= 0.6 is 7.14 Å². The van der Waals surface area contributed by atoms with Crippen LogP contribution in [0.1, 0.15) is 12.5 Å². The van der Waals surface area contributed by atoms with Gasteiger partial charge in [0, 0.05) is 16.2 Å². The van der Waals surface area contributed by atoms with Crippen molar-refractivity contribution in [2.45, 2.75) is 18.8 Å². The van der Waals surface area contributed by atoms with Crippen molar-refractivity contribution in [3.05, 3.63) is 96.6 Å². The molecule has 1 heterocycles. The largest absolute Gasteiger partial charge is 0.472 e. The highest BCUT2D eigenvalue weighted by Gasteiger charge is 2.44. The molecule has 0 aromatic heterocycles. The highest BCUT2D eigenvalue weighted by Crippen LogP contribution is 2.52. The molecular weight excluding hydrogens is 341 g/mol. The molecule has 0 amide bonds. The third kappa shape index (κ3) is 2.89. The molecule has 4 heteroatoms. The summed E-state index contributed by atoms with van der Waals surface area (Å²) < 4.78 is 20.4. The number of rotatable bonds is 4. The first-order chi connectivity index (χ1) is 12.7. The van der Waals surface area contributed by atoms with Gasteiger partial charge in [-0.15, -0.1) is 0 Å². The van der Waals surface area contributed by atoms with Crippen molar-refractivity contribution in [3.63, 3.8) is 0 Å². The smallest absolute Gasteiger partial charge is 0.217 e. The maximum absolute atomic E-state index is 14.4. The van der Waals surface area contributed by atoms with Gasteiger partial charge in [-0.2, -0.15) is 0 Å². The summed E-state index contributed by atoms with van der Waals surface area (Å²) in [6.45, 7) is 1.95. The molecule has 1 aliphatic heterocycles. The summed E-state index contributed by atoms with van der Waals surface area (Å²) in [5, 5.41) is 1.62. The standard InChI is InChI=1S/C22H20NO2P/c1-17-22(23-21(25-17)18-11-5-2-6-12-18)26(24,19-13-7-3-8-14-19)20-15-9-4-10-16-20/h2-17,22H,1H3/t17-,22+/m0/s1. The van der Waals surface area contributed by atoms with Crippen molar-refractivity contribution in [3.8, 4) is 0 Å². The molecule has 0 saturated carbocycles. The van der Waals surface area contributed by atoms with Gasteiger partial charge in [-0.25, -0.2) is 4.99 Å². The first-order valence-corrected chi connectivity index (χ1v) is 10.5. The van der Waals surface area contributed by atoms with Crippen molar-refractivity contribution >= 4 is 23.6 Å². The molecule has 0 spiro atoms. The Morgan fingerprint density at radius 2 is 1.23 bits per heavy atom. The summed E-state index contributed by atoms with van der Waals surface area (Å²) in [5.74, 6) is 0.123. The highest BCUT2D eigenvalue weighted by atomic mass is 31.2. The Labute approximate surface area is 153 Å². The van der Waals surface area contributed by atoms with E-state index in [-0.39, 0.29) is 6.10 Å². The van der Waals surface area contributed by atoms with Crippen LogP contribution in [0.25, 0.3) is 0 Å². The molecule has 4 rings (SSSR count). The second kappa shape index (κ2) is 6.93. The number of hydrogen-bond acceptors (Lipinski definition) is 3. The van der Waals surface area contributed by atoms with Crippen LogP contribution in [-0.2, 0) is 9.30 Å². The summed E-state index contributed by atoms with van der Waals surface area (Å²) in [6.07, 6.45) is -0.267. The monoisotopic (exact) mass is 361 g/mol. The molecule has 0 saturated heterocycles. The lowest BCUT2D eigenvalue weighted by Crippen LogP contribution is -2.30. The van der Waals surface area contributed by atoms with Crippen molar-refractivity contribution in [2.75, 3.05) is 0 Å². The van der Waals surface area contributed by atoms with Crippen molar-refractivity contribution in [1.82, 2.24) is 0 Å². The predicted molar refractivity (Wildman–Crippen MR) is 107 cm³/mol. The van der Waals surface area contributed by atoms with Crippen molar-refractivity contribution in [2.24, 2.45) is 4.99 Å². The Hall–Kier alpha value is -2.64. The fourth-order valence-electron chi connectivity index (χ4n) is 3.35. The number of benzene rings is 3. The topological polar surface area (TPSA) is 38.7 Å². The maximum Gasteiger partial charge on any atom is 0.217 e. The van der Waals surface area contributed by atoms with Crippen LogP contribution < -0.4 is 10.6 Å². The zero-order chi connectivity index (χ0) is 18.0. The predicted octanol–water partition coefficient (Wildman–Crippen LogP) is 4.19. The van der Waals surface area contributed by atoms with Gasteiger partial charge in [0.15, 0.2) is 12.9 Å². The number of ether oxygens (including phenoxy) is 1. The Bertz CT molecular complexity index is 912. The minimum absolute atomic E-state index is 0.267. The van der Waals surface area contributed by atoms with Gasteiger partial charge in [0.1, 0.15) is 6.10 Å². The van der Waals surface area contributed by atoms with Gasteiger partial charge in [0.05, 0.1) is 0 Å². The Morgan fingerprint density at radius 1 is 0.769 bits per heavy atom. The van der Waals surface area contributed by atoms with Crippen LogP contribution in [0.5, 0.6) is 0 Å². The van der Waals surface area contributed by atoms with Crippen LogP contribution in [0, 0.1) is 0 Å². The first kappa shape index (κ1) is 16.8. The summed E-state index contributed by atoms with van der Waals surface area (Å²) in [7, 11) is -3.00. The molecule has 0 bridgehead atoms. The summed E-state index contributed by atoms with van der Waals surface area (Å²) in [5.41, 5.74) is 0.912. The SMILES string of the molecule is C[C@@H]1OC(c2ccccc2)=N[C@@H]1P(=O)(c1ccccc1)c1ccccc1. The zero-order valence-electron chi connectivity index (χ0n) is 14.5. The molecule has 3 aromatic carbocycles. The van der Waals surface area contributed by atoms with Crippen LogP contribution in [0.2, 0.25) is 0 Å². The fourth-order valence-corrected chi connectivity index (χ4v) is 6.40. The van der Waals surface area contributed by atoms with E-state index in [1.165, 1.54) is 0 Å². The summed E-state index contributed by atoms with van der Waals surface area (Å²) in [6, 6.07) is 29.1. The Morgan fingerprint density at radius 3 is 1.73 bits per heavy atom. The first-order valence-electron chi connectivity index (χ1n) is 8.70. The van der Waals surface area contributed by atoms with Gasteiger partial charge < -0.3 is 9.30 Å². The zero-order valence-corrected chi connectivity index (χ0v) is 15.4. The van der Waals surface area contributed by atoms with E-state index >= 15 is 0 Å². The van der Waals surface area contributed by atoms with Crippen LogP contribution in [0.4, 0.5) is 0 Å². The van der Waals surface area contributed by atoms with Crippen LogP contribution in [0.3, 0.4) is 0 Å². The van der Waals surface area contributed by atoms with Gasteiger partial charge >= 0.3 is 0 Å². The van der Waals surface area contributed by atoms with E-state index in [4.69, 9.17) is 9.73 Å². The normalized spacial score (nSPS) is 19.7. The molecule has 3 aromatic rings. The number of aliphatic imine (C=N–C) groups is 1. The van der Waals surface area contributed by atoms with Crippen molar-refractivity contribution in [1.29, 1.82) is 0 Å². The molecule has 0 aliphatic carbocycles. The highest BCUT2D eigenvalue weighted by molar-refractivity contribution is 7.79. The second-order valence-electron chi connectivity index (χ2n) is 6.37. The second-order valence-corrected chi connectivity index (χ2v) is 9.24. The molecule has 0 unspecified atom stereocenters. The average Bonchev–Trinajstić information content (AvgIpc) is 3.11. The lowest BCUT2D eigenvalue weighted by atomic mass is 10.2. The lowest BCUT2D eigenvalue weighted by molar-refractivity contribution is 0.235. The van der Waals surface area contributed by atoms with E-state index in [0.29, 0.717) is 5.90 Å². The van der Waals surface area contributed by atoms with Crippen molar-refractivity contribution < 1.29 is 9.30 Å². The maximum atomic E-state index is 14.4. The molecule has 0 radical (unpaired) electrons. The fraction of sp³-hybridized carbons (Fsp3) is 0.136. The van der Waals surface area contributed by atoms with E-state index in [2.05, 4.69) is 0 Å². The van der Waals surface area contributed by atoms with E-state index in [1.54, 1.807) is 0 Å². The minimum Gasteiger partial charge on any atom is -0.472 e.